The van der Waals surface area contributed by atoms with E-state index >= 15 is 0 Å². The van der Waals surface area contributed by atoms with E-state index in [1.807, 2.05) is 55.4 Å². The molecule has 0 saturated carbocycles. The van der Waals surface area contributed by atoms with Crippen molar-refractivity contribution in [3.63, 3.8) is 0 Å². The van der Waals surface area contributed by atoms with Crippen molar-refractivity contribution in [2.45, 2.75) is 140 Å². The van der Waals surface area contributed by atoms with Gasteiger partial charge in [0.1, 0.15) is 21.4 Å². The van der Waals surface area contributed by atoms with Crippen molar-refractivity contribution in [3.05, 3.63) is 71.0 Å². The number of unbranched alkanes of at least 4 members (excludes halogenated alkanes) is 3. The summed E-state index contributed by atoms with van der Waals surface area (Å²) in [6.45, 7) is 15.2. The fourth-order valence-corrected chi connectivity index (χ4v) is 13.5. The Morgan fingerprint density at radius 3 is 2.02 bits per heavy atom. The first kappa shape index (κ1) is 49.5. The Hall–Kier alpha value is -2.95. The molecule has 0 amide bonds. The van der Waals surface area contributed by atoms with Crippen LogP contribution in [0.15, 0.2) is 26.8 Å². The second-order valence-electron chi connectivity index (χ2n) is 19.0. The molecular formula is C46H53Cl3O11S3. The van der Waals surface area contributed by atoms with Crippen LogP contribution in [0, 0.1) is 16.7 Å². The van der Waals surface area contributed by atoms with E-state index in [1.54, 1.807) is 18.2 Å². The third-order valence-corrected chi connectivity index (χ3v) is 16.8. The summed E-state index contributed by atoms with van der Waals surface area (Å²) in [5.74, 6) is -3.29. The first-order chi connectivity index (χ1) is 29.1. The molecule has 6 rings (SSSR count). The Kier molecular flexibility index (Phi) is 14.2. The van der Waals surface area contributed by atoms with E-state index in [9.17, 15) is 45.4 Å². The van der Waals surface area contributed by atoms with Crippen molar-refractivity contribution < 1.29 is 50.2 Å². The number of halogens is 3. The number of Topliss-reactive ketones (excluding diaryl/α,β-unsaturated/α-hetero) is 2. The molecule has 0 aromatic heterocycles. The number of carboxylic acids is 1. The first-order valence-corrected chi connectivity index (χ1v) is 25.9. The number of hydrogen-bond acceptors (Lipinski definition) is 9. The highest BCUT2D eigenvalue weighted by Gasteiger charge is 2.43. The lowest BCUT2D eigenvalue weighted by Crippen LogP contribution is -2.35. The van der Waals surface area contributed by atoms with Crippen LogP contribution in [0.25, 0.3) is 11.6 Å². The molecule has 2 unspecified atom stereocenters. The molecule has 0 saturated heterocycles. The first-order valence-electron chi connectivity index (χ1n) is 20.9. The van der Waals surface area contributed by atoms with Crippen LogP contribution in [0.1, 0.15) is 157 Å². The van der Waals surface area contributed by atoms with Crippen molar-refractivity contribution in [2.75, 3.05) is 5.75 Å². The minimum Gasteiger partial charge on any atom is -0.478 e. The van der Waals surface area contributed by atoms with Crippen molar-refractivity contribution in [1.29, 1.82) is 0 Å². The monoisotopic (exact) mass is 982 g/mol. The zero-order chi connectivity index (χ0) is 46.9. The highest BCUT2D eigenvalue weighted by Crippen LogP contribution is 2.54. The molecule has 0 bridgehead atoms. The SMILES string of the molecule is CC(C)C(=O)CCCCCCC(=O)CSc1c(Cl)c(Cl)c(C(=O)O)c(C2=c3cc4c(c(S(=O)(=O)O)c3Oc3c2cc2c(c3S(=O)(=O)O)CC(C)(C)CC2C)=CC(C)(C)CC4C)c1Cl. The van der Waals surface area contributed by atoms with Gasteiger partial charge in [0.2, 0.25) is 0 Å². The van der Waals surface area contributed by atoms with Gasteiger partial charge in [0, 0.05) is 45.6 Å². The fourth-order valence-electron chi connectivity index (χ4n) is 9.70. The van der Waals surface area contributed by atoms with E-state index in [1.165, 1.54) is 0 Å². The second kappa shape index (κ2) is 18.0. The third-order valence-electron chi connectivity index (χ3n) is 12.3. The Morgan fingerprint density at radius 1 is 0.825 bits per heavy atom. The minimum absolute atomic E-state index is 0.0274. The normalized spacial score (nSPS) is 18.7. The number of carbonyl (C=O) groups is 3. The molecular weight excluding hydrogens is 931 g/mol. The highest BCUT2D eigenvalue weighted by molar-refractivity contribution is 8.00. The van der Waals surface area contributed by atoms with Crippen LogP contribution >= 0.6 is 46.6 Å². The lowest BCUT2D eigenvalue weighted by atomic mass is 9.69. The Balaban J connectivity index is 1.66. The zero-order valence-corrected chi connectivity index (χ0v) is 41.2. The summed E-state index contributed by atoms with van der Waals surface area (Å²) >= 11 is 21.9. The summed E-state index contributed by atoms with van der Waals surface area (Å²) in [5, 5.41) is 10.0. The number of carbonyl (C=O) groups excluding carboxylic acids is 2. The number of benzene rings is 3. The van der Waals surface area contributed by atoms with Gasteiger partial charge < -0.3 is 9.84 Å². The van der Waals surface area contributed by atoms with Crippen molar-refractivity contribution in [2.24, 2.45) is 16.7 Å². The van der Waals surface area contributed by atoms with Crippen molar-refractivity contribution in [3.8, 4) is 11.5 Å². The second-order valence-corrected chi connectivity index (χ2v) is 23.9. The summed E-state index contributed by atoms with van der Waals surface area (Å²) in [7, 11) is -10.4. The van der Waals surface area contributed by atoms with Crippen LogP contribution < -0.4 is 15.2 Å². The van der Waals surface area contributed by atoms with E-state index in [0.29, 0.717) is 36.8 Å². The maximum Gasteiger partial charge on any atom is 0.337 e. The lowest BCUT2D eigenvalue weighted by Gasteiger charge is -2.38. The van der Waals surface area contributed by atoms with Gasteiger partial charge >= 0.3 is 5.97 Å². The molecule has 3 aromatic rings. The molecule has 1 heterocycles. The number of thioether (sulfide) groups is 1. The minimum atomic E-state index is -5.19. The van der Waals surface area contributed by atoms with E-state index < -0.39 is 68.9 Å². The number of aromatic carboxylic acids is 1. The van der Waals surface area contributed by atoms with Gasteiger partial charge in [-0.1, -0.05) is 109 Å². The quantitative estimate of drug-likeness (QED) is 0.0443. The zero-order valence-electron chi connectivity index (χ0n) is 36.5. The van der Waals surface area contributed by atoms with Crippen LogP contribution in [0.5, 0.6) is 11.5 Å². The number of ketones is 2. The Labute approximate surface area is 388 Å². The maximum atomic E-state index is 13.7. The van der Waals surface area contributed by atoms with E-state index in [0.717, 1.165) is 31.0 Å². The smallest absolute Gasteiger partial charge is 0.337 e. The topological polar surface area (TPSA) is 189 Å². The standard InChI is InChI=1S/C46H53Cl3O11S3/c1-22(2)32(51)14-12-10-9-11-13-25(50)21-61-41-37(48)34(35(44(52)53)36(47)38(41)49)33-28-15-26-23(3)17-45(5,6)19-30(26)42(62(54,55)56)39(28)60-40-29(33)16-27-24(4)18-46(7,8)20-31(27)43(40)63(57,58)59/h15-16,19,22-24H,9-14,17-18,20-21H2,1-8H3,(H,52,53)(H,54,55,56)(H,57,58,59). The molecule has 342 valence electrons. The van der Waals surface area contributed by atoms with Crippen LogP contribution in [-0.2, 0) is 36.2 Å². The lowest BCUT2D eigenvalue weighted by molar-refractivity contribution is -0.122. The average molecular weight is 984 g/mol. The van der Waals surface area contributed by atoms with Crippen LogP contribution in [0.3, 0.4) is 0 Å². The number of carboxylic acid groups (broad SMARTS) is 1. The fraction of sp³-hybridized carbons (Fsp3) is 0.500. The van der Waals surface area contributed by atoms with Gasteiger partial charge in [-0.15, -0.1) is 11.8 Å². The molecule has 17 heteroatoms. The molecule has 2 aliphatic carbocycles. The van der Waals surface area contributed by atoms with Gasteiger partial charge in [-0.25, -0.2) is 4.79 Å². The molecule has 1 aliphatic heterocycles. The summed E-state index contributed by atoms with van der Waals surface area (Å²) in [6.07, 6.45) is 6.58. The van der Waals surface area contributed by atoms with Crippen LogP contribution in [-0.4, -0.2) is 54.3 Å². The van der Waals surface area contributed by atoms with E-state index in [-0.39, 0.29) is 95.6 Å². The molecule has 0 spiro atoms. The predicted molar refractivity (Wildman–Crippen MR) is 247 cm³/mol. The number of fused-ring (bicyclic) bond motifs is 4. The van der Waals surface area contributed by atoms with E-state index in [4.69, 9.17) is 39.5 Å². The molecule has 3 N–H and O–H groups in total. The van der Waals surface area contributed by atoms with Crippen molar-refractivity contribution in [1.82, 2.24) is 0 Å². The summed E-state index contributed by atoms with van der Waals surface area (Å²) in [4.78, 5) is 37.4. The molecule has 63 heavy (non-hydrogen) atoms. The Bertz CT molecular complexity index is 2810. The molecule has 3 aromatic carbocycles. The van der Waals surface area contributed by atoms with Crippen LogP contribution in [0.2, 0.25) is 15.1 Å². The number of ether oxygens (including phenoxy) is 1. The van der Waals surface area contributed by atoms with Gasteiger partial charge in [0.05, 0.1) is 26.4 Å². The summed E-state index contributed by atoms with van der Waals surface area (Å²) in [6, 6.07) is 3.29. The van der Waals surface area contributed by atoms with E-state index in [2.05, 4.69) is 0 Å². The highest BCUT2D eigenvalue weighted by atomic mass is 35.5. The van der Waals surface area contributed by atoms with Gasteiger partial charge in [-0.2, -0.15) is 16.8 Å². The molecule has 0 radical (unpaired) electrons. The molecule has 0 fully saturated rings. The van der Waals surface area contributed by atoms with Crippen molar-refractivity contribution >= 4 is 96.0 Å². The van der Waals surface area contributed by atoms with Crippen LogP contribution in [0.4, 0.5) is 0 Å². The molecule has 3 aliphatic rings. The maximum absolute atomic E-state index is 13.7. The van der Waals surface area contributed by atoms with Gasteiger partial charge in [0.15, 0.2) is 11.5 Å². The third kappa shape index (κ3) is 9.94. The molecule has 2 atom stereocenters. The summed E-state index contributed by atoms with van der Waals surface area (Å²) in [5.41, 5.74) is -0.753. The largest absolute Gasteiger partial charge is 0.478 e. The average Bonchev–Trinajstić information content (AvgIpc) is 3.13. The van der Waals surface area contributed by atoms with Gasteiger partial charge in [-0.3, -0.25) is 18.7 Å². The Morgan fingerprint density at radius 2 is 1.43 bits per heavy atom. The van der Waals surface area contributed by atoms with Gasteiger partial charge in [0.25, 0.3) is 20.2 Å². The number of hydrogen-bond donors (Lipinski definition) is 3. The predicted octanol–water partition coefficient (Wildman–Crippen LogP) is 10.8. The molecule has 11 nitrogen and oxygen atoms in total. The number of rotatable bonds is 15. The summed E-state index contributed by atoms with van der Waals surface area (Å²) < 4.78 is 83.3. The van der Waals surface area contributed by atoms with Gasteiger partial charge in [-0.05, 0) is 88.8 Å².